The lowest BCUT2D eigenvalue weighted by Gasteiger charge is -2.12. The summed E-state index contributed by atoms with van der Waals surface area (Å²) in [7, 11) is 0. The molecule has 1 aromatic heterocycles. The number of aromatic carboxylic acids is 1. The molecule has 0 aliphatic heterocycles. The van der Waals surface area contributed by atoms with Crippen molar-refractivity contribution >= 4 is 28.5 Å². The Morgan fingerprint density at radius 2 is 2.00 bits per heavy atom. The van der Waals surface area contributed by atoms with Gasteiger partial charge in [-0.25, -0.2) is 9.78 Å². The van der Waals surface area contributed by atoms with Crippen LogP contribution in [-0.4, -0.2) is 26.4 Å². The molecule has 1 aliphatic carbocycles. The summed E-state index contributed by atoms with van der Waals surface area (Å²) in [5, 5.41) is 12.6. The maximum Gasteiger partial charge on any atom is 0.354 e. The lowest BCUT2D eigenvalue weighted by atomic mass is 10.0. The van der Waals surface area contributed by atoms with Crippen molar-refractivity contribution < 1.29 is 9.90 Å². The number of aromatic nitrogens is 2. The minimum absolute atomic E-state index is 0.251. The highest BCUT2D eigenvalue weighted by atomic mass is 32.2. The standard InChI is InChI=1S/C19H18N2O2S/c22-18(23)17-10-20-19(24-12-13-8-9-13)21(17)11-15-6-3-5-14-4-1-2-7-16(14)15/h1-7,10,13H,8-9,11-12H2,(H,22,23). The summed E-state index contributed by atoms with van der Waals surface area (Å²) in [6.45, 7) is 0.524. The molecule has 1 heterocycles. The van der Waals surface area contributed by atoms with Crippen molar-refractivity contribution in [2.75, 3.05) is 5.75 Å². The Morgan fingerprint density at radius 1 is 1.21 bits per heavy atom. The highest BCUT2D eigenvalue weighted by Gasteiger charge is 2.23. The Kier molecular flexibility index (Phi) is 4.02. The Labute approximate surface area is 144 Å². The molecule has 5 heteroatoms. The van der Waals surface area contributed by atoms with Crippen LogP contribution in [0.4, 0.5) is 0 Å². The quantitative estimate of drug-likeness (QED) is 0.681. The molecule has 1 saturated carbocycles. The average molecular weight is 338 g/mol. The number of hydrogen-bond donors (Lipinski definition) is 1. The molecule has 3 aromatic rings. The molecule has 4 nitrogen and oxygen atoms in total. The van der Waals surface area contributed by atoms with E-state index in [9.17, 15) is 9.90 Å². The number of carboxylic acids is 1. The van der Waals surface area contributed by atoms with Crippen LogP contribution in [0.1, 0.15) is 28.9 Å². The summed E-state index contributed by atoms with van der Waals surface area (Å²) in [5.74, 6) is 0.859. The van der Waals surface area contributed by atoms with Crippen molar-refractivity contribution in [3.8, 4) is 0 Å². The molecule has 0 unspecified atom stereocenters. The van der Waals surface area contributed by atoms with Crippen LogP contribution in [0.25, 0.3) is 10.8 Å². The van der Waals surface area contributed by atoms with Crippen molar-refractivity contribution in [3.63, 3.8) is 0 Å². The second-order valence-corrected chi connectivity index (χ2v) is 7.20. The van der Waals surface area contributed by atoms with Crippen LogP contribution in [0.15, 0.2) is 53.8 Å². The molecule has 1 fully saturated rings. The first-order valence-electron chi connectivity index (χ1n) is 8.10. The average Bonchev–Trinajstić information content (AvgIpc) is 3.33. The predicted molar refractivity (Wildman–Crippen MR) is 95.7 cm³/mol. The van der Waals surface area contributed by atoms with Crippen molar-refractivity contribution in [1.29, 1.82) is 0 Å². The van der Waals surface area contributed by atoms with E-state index in [0.29, 0.717) is 6.54 Å². The molecular weight excluding hydrogens is 320 g/mol. The summed E-state index contributed by atoms with van der Waals surface area (Å²) in [5.41, 5.74) is 1.36. The number of carboxylic acid groups (broad SMARTS) is 1. The largest absolute Gasteiger partial charge is 0.477 e. The van der Waals surface area contributed by atoms with Gasteiger partial charge in [0.25, 0.3) is 0 Å². The number of carbonyl (C=O) groups is 1. The van der Waals surface area contributed by atoms with Gasteiger partial charge >= 0.3 is 5.97 Å². The number of benzene rings is 2. The normalized spacial score (nSPS) is 14.2. The molecule has 0 bridgehead atoms. The van der Waals surface area contributed by atoms with Gasteiger partial charge < -0.3 is 9.67 Å². The van der Waals surface area contributed by atoms with Crippen LogP contribution in [0.3, 0.4) is 0 Å². The van der Waals surface area contributed by atoms with E-state index >= 15 is 0 Å². The van der Waals surface area contributed by atoms with E-state index in [1.807, 2.05) is 22.8 Å². The van der Waals surface area contributed by atoms with Gasteiger partial charge in [-0.2, -0.15) is 0 Å². The zero-order valence-corrected chi connectivity index (χ0v) is 14.0. The summed E-state index contributed by atoms with van der Waals surface area (Å²) < 4.78 is 1.83. The third kappa shape index (κ3) is 3.04. The summed E-state index contributed by atoms with van der Waals surface area (Å²) in [4.78, 5) is 15.9. The fourth-order valence-electron chi connectivity index (χ4n) is 2.88. The van der Waals surface area contributed by atoms with Gasteiger partial charge in [-0.15, -0.1) is 0 Å². The molecule has 0 radical (unpaired) electrons. The van der Waals surface area contributed by atoms with E-state index in [0.717, 1.165) is 27.8 Å². The number of nitrogens with zero attached hydrogens (tertiary/aromatic N) is 2. The topological polar surface area (TPSA) is 55.1 Å². The lowest BCUT2D eigenvalue weighted by Crippen LogP contribution is -2.11. The van der Waals surface area contributed by atoms with Crippen LogP contribution in [-0.2, 0) is 6.54 Å². The van der Waals surface area contributed by atoms with E-state index in [1.54, 1.807) is 11.8 Å². The van der Waals surface area contributed by atoms with Gasteiger partial charge in [0, 0.05) is 5.75 Å². The predicted octanol–water partition coefficient (Wildman–Crippen LogP) is 4.28. The molecule has 0 amide bonds. The Bertz CT molecular complexity index is 894. The minimum Gasteiger partial charge on any atom is -0.477 e. The molecule has 2 aromatic carbocycles. The van der Waals surface area contributed by atoms with Gasteiger partial charge in [0.05, 0.1) is 12.7 Å². The SMILES string of the molecule is O=C(O)c1cnc(SCC2CC2)n1Cc1cccc2ccccc12. The van der Waals surface area contributed by atoms with Crippen LogP contribution < -0.4 is 0 Å². The Balaban J connectivity index is 1.71. The lowest BCUT2D eigenvalue weighted by molar-refractivity contribution is 0.0684. The van der Waals surface area contributed by atoms with Crippen molar-refractivity contribution in [1.82, 2.24) is 9.55 Å². The number of thioether (sulfide) groups is 1. The maximum atomic E-state index is 11.6. The summed E-state index contributed by atoms with van der Waals surface area (Å²) in [6, 6.07) is 14.3. The Hall–Kier alpha value is -2.27. The molecule has 0 atom stereocenters. The van der Waals surface area contributed by atoms with Gasteiger partial charge in [0.1, 0.15) is 5.69 Å². The summed E-state index contributed by atoms with van der Waals surface area (Å²) in [6.07, 6.45) is 4.04. The second kappa shape index (κ2) is 6.32. The van der Waals surface area contributed by atoms with E-state index in [4.69, 9.17) is 0 Å². The van der Waals surface area contributed by atoms with E-state index < -0.39 is 5.97 Å². The van der Waals surface area contributed by atoms with Gasteiger partial charge in [0.15, 0.2) is 5.16 Å². The third-order valence-corrected chi connectivity index (χ3v) is 5.61. The smallest absolute Gasteiger partial charge is 0.354 e. The molecule has 1 aliphatic rings. The first kappa shape index (κ1) is 15.3. The maximum absolute atomic E-state index is 11.6. The fourth-order valence-corrected chi connectivity index (χ4v) is 4.04. The molecule has 4 rings (SSSR count). The van der Waals surface area contributed by atoms with Crippen LogP contribution in [0.5, 0.6) is 0 Å². The first-order valence-corrected chi connectivity index (χ1v) is 9.09. The third-order valence-electron chi connectivity index (χ3n) is 4.39. The molecule has 0 spiro atoms. The monoisotopic (exact) mass is 338 g/mol. The first-order chi connectivity index (χ1) is 11.7. The Morgan fingerprint density at radius 3 is 2.79 bits per heavy atom. The number of imidazole rings is 1. The van der Waals surface area contributed by atoms with Gasteiger partial charge in [-0.1, -0.05) is 54.2 Å². The van der Waals surface area contributed by atoms with E-state index in [2.05, 4.69) is 29.2 Å². The molecule has 24 heavy (non-hydrogen) atoms. The van der Waals surface area contributed by atoms with Gasteiger partial charge in [-0.05, 0) is 35.1 Å². The van der Waals surface area contributed by atoms with Crippen LogP contribution in [0.2, 0.25) is 0 Å². The zero-order chi connectivity index (χ0) is 16.5. The molecule has 1 N–H and O–H groups in total. The van der Waals surface area contributed by atoms with Crippen LogP contribution >= 0.6 is 11.8 Å². The van der Waals surface area contributed by atoms with E-state index in [-0.39, 0.29) is 5.69 Å². The number of hydrogen-bond acceptors (Lipinski definition) is 3. The summed E-state index contributed by atoms with van der Waals surface area (Å²) >= 11 is 1.67. The zero-order valence-electron chi connectivity index (χ0n) is 13.2. The van der Waals surface area contributed by atoms with Crippen LogP contribution in [0, 0.1) is 5.92 Å². The number of rotatable bonds is 6. The minimum atomic E-state index is -0.930. The molecule has 122 valence electrons. The van der Waals surface area contributed by atoms with Crippen molar-refractivity contribution in [3.05, 3.63) is 59.9 Å². The molecule has 0 saturated heterocycles. The fraction of sp³-hybridized carbons (Fsp3) is 0.263. The van der Waals surface area contributed by atoms with Gasteiger partial charge in [0.2, 0.25) is 0 Å². The van der Waals surface area contributed by atoms with Crippen molar-refractivity contribution in [2.45, 2.75) is 24.5 Å². The highest BCUT2D eigenvalue weighted by Crippen LogP contribution is 2.35. The van der Waals surface area contributed by atoms with E-state index in [1.165, 1.54) is 24.4 Å². The second-order valence-electron chi connectivity index (χ2n) is 6.21. The van der Waals surface area contributed by atoms with Crippen molar-refractivity contribution in [2.24, 2.45) is 5.92 Å². The number of fused-ring (bicyclic) bond motifs is 1. The highest BCUT2D eigenvalue weighted by molar-refractivity contribution is 7.99. The molecular formula is C19H18N2O2S. The van der Waals surface area contributed by atoms with Gasteiger partial charge in [-0.3, -0.25) is 0 Å².